The molecule has 0 radical (unpaired) electrons. The maximum absolute atomic E-state index is 9.67. The van der Waals surface area contributed by atoms with Gasteiger partial charge in [-0.05, 0) is 30.3 Å². The molecule has 28 heavy (non-hydrogen) atoms. The molecule has 0 atom stereocenters. The Morgan fingerprint density at radius 3 is 2.71 bits per heavy atom. The SMILES string of the molecule is COc1ccc2nc(Cl)c(/C=C(\C#N)c3nc(-c4ccccc4)cs3)cc2c1. The number of pyridine rings is 1. The molecule has 4 rings (SSSR count). The molecule has 4 nitrogen and oxygen atoms in total. The van der Waals surface area contributed by atoms with Crippen molar-refractivity contribution in [1.82, 2.24) is 9.97 Å². The molecule has 4 aromatic rings. The van der Waals surface area contributed by atoms with Crippen molar-refractivity contribution in [3.63, 3.8) is 0 Å². The molecule has 0 N–H and O–H groups in total. The van der Waals surface area contributed by atoms with E-state index in [9.17, 15) is 5.26 Å². The molecule has 0 spiro atoms. The number of fused-ring (bicyclic) bond motifs is 1. The summed E-state index contributed by atoms with van der Waals surface area (Å²) in [6, 6.07) is 19.6. The van der Waals surface area contributed by atoms with E-state index in [0.29, 0.717) is 21.3 Å². The average Bonchev–Trinajstić information content (AvgIpc) is 3.22. The molecule has 136 valence electrons. The van der Waals surface area contributed by atoms with Crippen LogP contribution >= 0.6 is 22.9 Å². The van der Waals surface area contributed by atoms with Gasteiger partial charge in [-0.15, -0.1) is 11.3 Å². The maximum atomic E-state index is 9.67. The van der Waals surface area contributed by atoms with Crippen LogP contribution in [0.3, 0.4) is 0 Å². The fourth-order valence-corrected chi connectivity index (χ4v) is 3.81. The Morgan fingerprint density at radius 1 is 1.14 bits per heavy atom. The second-order valence-electron chi connectivity index (χ2n) is 6.00. The zero-order valence-electron chi connectivity index (χ0n) is 14.9. The summed E-state index contributed by atoms with van der Waals surface area (Å²) in [6.07, 6.45) is 1.72. The van der Waals surface area contributed by atoms with E-state index < -0.39 is 0 Å². The third kappa shape index (κ3) is 3.61. The lowest BCUT2D eigenvalue weighted by Crippen LogP contribution is -1.89. The molecule has 0 saturated heterocycles. The quantitative estimate of drug-likeness (QED) is 0.306. The minimum atomic E-state index is 0.338. The van der Waals surface area contributed by atoms with Crippen molar-refractivity contribution in [2.45, 2.75) is 0 Å². The first kappa shape index (κ1) is 18.2. The van der Waals surface area contributed by atoms with Crippen LogP contribution in [-0.4, -0.2) is 17.1 Å². The Hall–Kier alpha value is -3.20. The molecule has 0 unspecified atom stereocenters. The third-order valence-corrected chi connectivity index (χ3v) is 5.41. The van der Waals surface area contributed by atoms with Gasteiger partial charge >= 0.3 is 0 Å². The Kier molecular flexibility index (Phi) is 5.07. The highest BCUT2D eigenvalue weighted by atomic mass is 35.5. The van der Waals surface area contributed by atoms with Crippen molar-refractivity contribution < 1.29 is 4.74 Å². The van der Waals surface area contributed by atoms with E-state index in [1.165, 1.54) is 11.3 Å². The molecule has 0 aliphatic rings. The number of ether oxygens (including phenoxy) is 1. The highest BCUT2D eigenvalue weighted by Gasteiger charge is 2.11. The minimum Gasteiger partial charge on any atom is -0.497 e. The van der Waals surface area contributed by atoms with E-state index in [1.807, 2.05) is 60.0 Å². The second-order valence-corrected chi connectivity index (χ2v) is 7.22. The summed E-state index contributed by atoms with van der Waals surface area (Å²) in [5.41, 5.74) is 3.73. The zero-order chi connectivity index (χ0) is 19.5. The summed E-state index contributed by atoms with van der Waals surface area (Å²) >= 11 is 7.78. The van der Waals surface area contributed by atoms with E-state index in [-0.39, 0.29) is 0 Å². The van der Waals surface area contributed by atoms with Gasteiger partial charge in [-0.1, -0.05) is 41.9 Å². The molecule has 0 fully saturated rings. The lowest BCUT2D eigenvalue weighted by molar-refractivity contribution is 0.415. The van der Waals surface area contributed by atoms with Gasteiger partial charge in [0.05, 0.1) is 23.9 Å². The topological polar surface area (TPSA) is 58.8 Å². The lowest BCUT2D eigenvalue weighted by Gasteiger charge is -2.05. The Labute approximate surface area is 171 Å². The molecule has 2 heterocycles. The van der Waals surface area contributed by atoms with Crippen molar-refractivity contribution in [2.24, 2.45) is 0 Å². The van der Waals surface area contributed by atoms with E-state index in [4.69, 9.17) is 16.3 Å². The molecule has 0 amide bonds. The lowest BCUT2D eigenvalue weighted by atomic mass is 10.1. The van der Waals surface area contributed by atoms with Gasteiger partial charge in [-0.2, -0.15) is 5.26 Å². The fourth-order valence-electron chi connectivity index (χ4n) is 2.81. The van der Waals surface area contributed by atoms with Gasteiger partial charge in [-0.3, -0.25) is 0 Å². The third-order valence-electron chi connectivity index (χ3n) is 4.23. The van der Waals surface area contributed by atoms with Gasteiger partial charge in [0.2, 0.25) is 0 Å². The van der Waals surface area contributed by atoms with Crippen LogP contribution < -0.4 is 4.74 Å². The molecule has 0 saturated carbocycles. The summed E-state index contributed by atoms with van der Waals surface area (Å²) < 4.78 is 5.27. The van der Waals surface area contributed by atoms with Crippen LogP contribution in [0.15, 0.2) is 60.0 Å². The van der Waals surface area contributed by atoms with Crippen LogP contribution in [0.25, 0.3) is 33.8 Å². The summed E-state index contributed by atoms with van der Waals surface area (Å²) in [6.45, 7) is 0. The molecular formula is C22H14ClN3OS. The Morgan fingerprint density at radius 2 is 1.96 bits per heavy atom. The Balaban J connectivity index is 1.75. The predicted octanol–water partition coefficient (Wildman–Crippen LogP) is 6.08. The number of hydrogen-bond acceptors (Lipinski definition) is 5. The largest absolute Gasteiger partial charge is 0.497 e. The molecule has 0 bridgehead atoms. The second kappa shape index (κ2) is 7.81. The van der Waals surface area contributed by atoms with Gasteiger partial charge in [-0.25, -0.2) is 9.97 Å². The van der Waals surface area contributed by atoms with Crippen molar-refractivity contribution >= 4 is 45.5 Å². The van der Waals surface area contributed by atoms with Crippen LogP contribution in [0.1, 0.15) is 10.6 Å². The smallest absolute Gasteiger partial charge is 0.137 e. The minimum absolute atomic E-state index is 0.338. The molecule has 6 heteroatoms. The van der Waals surface area contributed by atoms with Crippen LogP contribution in [0, 0.1) is 11.3 Å². The van der Waals surface area contributed by atoms with Crippen LogP contribution in [0.4, 0.5) is 0 Å². The number of methoxy groups -OCH3 is 1. The van der Waals surface area contributed by atoms with Crippen molar-refractivity contribution in [3.8, 4) is 23.1 Å². The number of allylic oxidation sites excluding steroid dienone is 1. The highest BCUT2D eigenvalue weighted by molar-refractivity contribution is 7.11. The first-order valence-corrected chi connectivity index (χ1v) is 9.71. The zero-order valence-corrected chi connectivity index (χ0v) is 16.5. The maximum Gasteiger partial charge on any atom is 0.137 e. The molecule has 0 aliphatic carbocycles. The number of rotatable bonds is 4. The van der Waals surface area contributed by atoms with Gasteiger partial charge in [0.1, 0.15) is 22.0 Å². The number of aromatic nitrogens is 2. The summed E-state index contributed by atoms with van der Waals surface area (Å²) in [5, 5.41) is 13.5. The fraction of sp³-hybridized carbons (Fsp3) is 0.0455. The van der Waals surface area contributed by atoms with Gasteiger partial charge < -0.3 is 4.74 Å². The number of nitriles is 1. The predicted molar refractivity (Wildman–Crippen MR) is 114 cm³/mol. The highest BCUT2D eigenvalue weighted by Crippen LogP contribution is 2.30. The van der Waals surface area contributed by atoms with Gasteiger partial charge in [0.15, 0.2) is 0 Å². The van der Waals surface area contributed by atoms with E-state index >= 15 is 0 Å². The number of nitrogens with zero attached hydrogens (tertiary/aromatic N) is 3. The average molecular weight is 404 g/mol. The van der Waals surface area contributed by atoms with Crippen molar-refractivity contribution in [3.05, 3.63) is 75.7 Å². The number of benzene rings is 2. The van der Waals surface area contributed by atoms with Crippen molar-refractivity contribution in [2.75, 3.05) is 7.11 Å². The molecule has 0 aliphatic heterocycles. The molecule has 2 aromatic carbocycles. The van der Waals surface area contributed by atoms with E-state index in [0.717, 1.165) is 27.9 Å². The molecular weight excluding hydrogens is 390 g/mol. The first-order valence-electron chi connectivity index (χ1n) is 8.45. The molecule has 2 aromatic heterocycles. The van der Waals surface area contributed by atoms with Crippen LogP contribution in [-0.2, 0) is 0 Å². The summed E-state index contributed by atoms with van der Waals surface area (Å²) in [7, 11) is 1.62. The van der Waals surface area contributed by atoms with E-state index in [2.05, 4.69) is 16.0 Å². The number of thiazole rings is 1. The standard InChI is InChI=1S/C22H14ClN3OS/c1-27-18-7-8-19-15(11-18)9-16(21(23)25-19)10-17(12-24)22-26-20(13-28-22)14-5-3-2-4-6-14/h2-11,13H,1H3/b17-10+. The number of hydrogen-bond donors (Lipinski definition) is 0. The van der Waals surface area contributed by atoms with Crippen LogP contribution in [0.2, 0.25) is 5.15 Å². The summed E-state index contributed by atoms with van der Waals surface area (Å²) in [4.78, 5) is 9.04. The van der Waals surface area contributed by atoms with E-state index in [1.54, 1.807) is 13.2 Å². The van der Waals surface area contributed by atoms with Gasteiger partial charge in [0.25, 0.3) is 0 Å². The monoisotopic (exact) mass is 403 g/mol. The van der Waals surface area contributed by atoms with Crippen LogP contribution in [0.5, 0.6) is 5.75 Å². The van der Waals surface area contributed by atoms with Gasteiger partial charge in [0, 0.05) is 21.9 Å². The Bertz CT molecular complexity index is 1230. The normalized spacial score (nSPS) is 11.4. The number of halogens is 1. The first-order chi connectivity index (χ1) is 13.7. The summed E-state index contributed by atoms with van der Waals surface area (Å²) in [5.74, 6) is 0.736. The van der Waals surface area contributed by atoms with Crippen molar-refractivity contribution in [1.29, 1.82) is 5.26 Å².